The monoisotopic (exact) mass is 314 g/mol. The maximum atomic E-state index is 12.0. The zero-order chi connectivity index (χ0) is 15.7. The average molecular weight is 315 g/mol. The van der Waals surface area contributed by atoms with E-state index in [1.165, 1.54) is 0 Å². The first-order chi connectivity index (χ1) is 10.5. The molecule has 0 saturated heterocycles. The number of urea groups is 1. The van der Waals surface area contributed by atoms with Gasteiger partial charge in [0.1, 0.15) is 5.65 Å². The van der Waals surface area contributed by atoms with Crippen molar-refractivity contribution in [3.05, 3.63) is 59.0 Å². The lowest BCUT2D eigenvalue weighted by Crippen LogP contribution is -2.19. The number of pyridine rings is 1. The third kappa shape index (κ3) is 2.89. The number of hydrogen-bond acceptors (Lipinski definition) is 2. The van der Waals surface area contributed by atoms with Gasteiger partial charge < -0.3 is 15.0 Å². The number of carbonyl (C=O) groups is 1. The molecule has 0 bridgehead atoms. The molecular weight excluding hydrogens is 300 g/mol. The summed E-state index contributed by atoms with van der Waals surface area (Å²) in [4.78, 5) is 16.4. The number of amides is 2. The number of imidazole rings is 1. The first-order valence-corrected chi connectivity index (χ1v) is 7.19. The quantitative estimate of drug-likeness (QED) is 0.743. The van der Waals surface area contributed by atoms with Crippen LogP contribution in [0.5, 0.6) is 0 Å². The van der Waals surface area contributed by atoms with Crippen LogP contribution in [0.4, 0.5) is 16.2 Å². The molecule has 2 aromatic heterocycles. The minimum atomic E-state index is -0.309. The largest absolute Gasteiger partial charge is 0.323 e. The summed E-state index contributed by atoms with van der Waals surface area (Å²) in [5, 5.41) is 6.18. The van der Waals surface area contributed by atoms with Gasteiger partial charge in [-0.05, 0) is 50.2 Å². The van der Waals surface area contributed by atoms with Crippen LogP contribution in [-0.2, 0) is 0 Å². The number of aryl methyl sites for hydroxylation is 2. The van der Waals surface area contributed by atoms with E-state index >= 15 is 0 Å². The Balaban J connectivity index is 1.76. The van der Waals surface area contributed by atoms with Crippen molar-refractivity contribution in [2.24, 2.45) is 0 Å². The van der Waals surface area contributed by atoms with Gasteiger partial charge in [-0.3, -0.25) is 0 Å². The van der Waals surface area contributed by atoms with Gasteiger partial charge in [0.15, 0.2) is 0 Å². The van der Waals surface area contributed by atoms with E-state index in [-0.39, 0.29) is 6.03 Å². The number of halogens is 1. The minimum Gasteiger partial charge on any atom is -0.308 e. The summed E-state index contributed by atoms with van der Waals surface area (Å²) >= 11 is 5.81. The summed E-state index contributed by atoms with van der Waals surface area (Å²) in [6.45, 7) is 3.95. The van der Waals surface area contributed by atoms with E-state index in [4.69, 9.17) is 11.6 Å². The zero-order valence-electron chi connectivity index (χ0n) is 12.2. The van der Waals surface area contributed by atoms with E-state index in [1.54, 1.807) is 24.3 Å². The standard InChI is InChI=1S/C16H15ClN4O/c1-10-11(2)21-9-14(7-8-15(21)18-10)20-16(22)19-13-5-3-12(17)4-6-13/h3-9H,1-2H3,(H2,19,20,22). The first-order valence-electron chi connectivity index (χ1n) is 6.82. The third-order valence-corrected chi connectivity index (χ3v) is 3.71. The van der Waals surface area contributed by atoms with Crippen molar-refractivity contribution in [3.8, 4) is 0 Å². The fourth-order valence-corrected chi connectivity index (χ4v) is 2.31. The predicted octanol–water partition coefficient (Wildman–Crippen LogP) is 4.25. The molecule has 112 valence electrons. The van der Waals surface area contributed by atoms with Crippen LogP contribution >= 0.6 is 11.6 Å². The smallest absolute Gasteiger partial charge is 0.308 e. The molecule has 2 heterocycles. The molecule has 0 saturated carbocycles. The van der Waals surface area contributed by atoms with Gasteiger partial charge in [-0.25, -0.2) is 9.78 Å². The lowest BCUT2D eigenvalue weighted by atomic mass is 10.3. The fraction of sp³-hybridized carbons (Fsp3) is 0.125. The summed E-state index contributed by atoms with van der Waals surface area (Å²) in [5.74, 6) is 0. The number of aromatic nitrogens is 2. The van der Waals surface area contributed by atoms with E-state index in [0.717, 1.165) is 17.0 Å². The van der Waals surface area contributed by atoms with Crippen LogP contribution in [0.3, 0.4) is 0 Å². The first kappa shape index (κ1) is 14.4. The molecule has 0 spiro atoms. The second kappa shape index (κ2) is 5.69. The molecule has 0 atom stereocenters. The Hall–Kier alpha value is -2.53. The highest BCUT2D eigenvalue weighted by Crippen LogP contribution is 2.16. The molecule has 0 fully saturated rings. The Morgan fingerprint density at radius 1 is 1.05 bits per heavy atom. The third-order valence-electron chi connectivity index (χ3n) is 3.45. The van der Waals surface area contributed by atoms with Crippen molar-refractivity contribution in [2.45, 2.75) is 13.8 Å². The summed E-state index contributed by atoms with van der Waals surface area (Å²) in [6, 6.07) is 10.3. The molecule has 22 heavy (non-hydrogen) atoms. The summed E-state index contributed by atoms with van der Waals surface area (Å²) in [5.41, 5.74) is 4.26. The van der Waals surface area contributed by atoms with E-state index in [0.29, 0.717) is 16.4 Å². The molecule has 6 heteroatoms. The van der Waals surface area contributed by atoms with Crippen molar-refractivity contribution in [3.63, 3.8) is 0 Å². The number of carbonyl (C=O) groups excluding carboxylic acids is 1. The van der Waals surface area contributed by atoms with E-state index in [1.807, 2.05) is 36.6 Å². The fourth-order valence-electron chi connectivity index (χ4n) is 2.18. The summed E-state index contributed by atoms with van der Waals surface area (Å²) < 4.78 is 1.95. The van der Waals surface area contributed by atoms with Crippen molar-refractivity contribution in [1.82, 2.24) is 9.38 Å². The van der Waals surface area contributed by atoms with Crippen LogP contribution in [0, 0.1) is 13.8 Å². The van der Waals surface area contributed by atoms with Crippen molar-refractivity contribution in [1.29, 1.82) is 0 Å². The molecule has 2 amide bonds. The maximum Gasteiger partial charge on any atom is 0.323 e. The molecule has 3 aromatic rings. The Labute approximate surface area is 132 Å². The van der Waals surface area contributed by atoms with Gasteiger partial charge in [0.05, 0.1) is 11.4 Å². The SMILES string of the molecule is Cc1nc2ccc(NC(=O)Nc3ccc(Cl)cc3)cn2c1C. The Bertz CT molecular complexity index is 839. The molecule has 0 radical (unpaired) electrons. The van der Waals surface area contributed by atoms with Gasteiger partial charge >= 0.3 is 6.03 Å². The number of fused-ring (bicyclic) bond motifs is 1. The van der Waals surface area contributed by atoms with Gasteiger partial charge in [0, 0.05) is 22.6 Å². The number of nitrogens with one attached hydrogen (secondary N) is 2. The Kier molecular flexibility index (Phi) is 3.73. The Morgan fingerprint density at radius 3 is 2.41 bits per heavy atom. The van der Waals surface area contributed by atoms with Crippen LogP contribution in [0.1, 0.15) is 11.4 Å². The van der Waals surface area contributed by atoms with Crippen LogP contribution < -0.4 is 10.6 Å². The second-order valence-electron chi connectivity index (χ2n) is 5.01. The lowest BCUT2D eigenvalue weighted by molar-refractivity contribution is 0.262. The predicted molar refractivity (Wildman–Crippen MR) is 88.8 cm³/mol. The van der Waals surface area contributed by atoms with Crippen molar-refractivity contribution < 1.29 is 4.79 Å². The van der Waals surface area contributed by atoms with Gasteiger partial charge in [0.25, 0.3) is 0 Å². The van der Waals surface area contributed by atoms with Crippen molar-refractivity contribution >= 4 is 34.7 Å². The van der Waals surface area contributed by atoms with E-state index in [2.05, 4.69) is 15.6 Å². The molecular formula is C16H15ClN4O. The number of benzene rings is 1. The van der Waals surface area contributed by atoms with Gasteiger partial charge in [0.2, 0.25) is 0 Å². The highest BCUT2D eigenvalue weighted by molar-refractivity contribution is 6.30. The van der Waals surface area contributed by atoms with Crippen molar-refractivity contribution in [2.75, 3.05) is 10.6 Å². The number of anilines is 2. The Morgan fingerprint density at radius 2 is 1.68 bits per heavy atom. The molecule has 0 unspecified atom stereocenters. The molecule has 0 aliphatic rings. The zero-order valence-corrected chi connectivity index (χ0v) is 13.0. The summed E-state index contributed by atoms with van der Waals surface area (Å²) in [7, 11) is 0. The molecule has 3 rings (SSSR count). The topological polar surface area (TPSA) is 58.4 Å². The molecule has 0 aliphatic carbocycles. The minimum absolute atomic E-state index is 0.309. The van der Waals surface area contributed by atoms with Crippen LogP contribution in [0.25, 0.3) is 5.65 Å². The second-order valence-corrected chi connectivity index (χ2v) is 5.45. The highest BCUT2D eigenvalue weighted by atomic mass is 35.5. The highest BCUT2D eigenvalue weighted by Gasteiger charge is 2.07. The number of rotatable bonds is 2. The van der Waals surface area contributed by atoms with Crippen LogP contribution in [-0.4, -0.2) is 15.4 Å². The van der Waals surface area contributed by atoms with Crippen LogP contribution in [0.2, 0.25) is 5.02 Å². The maximum absolute atomic E-state index is 12.0. The lowest BCUT2D eigenvalue weighted by Gasteiger charge is -2.08. The molecule has 0 aliphatic heterocycles. The van der Waals surface area contributed by atoms with Gasteiger partial charge in [-0.1, -0.05) is 11.6 Å². The van der Waals surface area contributed by atoms with E-state index < -0.39 is 0 Å². The average Bonchev–Trinajstić information content (AvgIpc) is 2.77. The van der Waals surface area contributed by atoms with Gasteiger partial charge in [-0.2, -0.15) is 0 Å². The normalized spacial score (nSPS) is 10.7. The van der Waals surface area contributed by atoms with E-state index in [9.17, 15) is 4.79 Å². The van der Waals surface area contributed by atoms with Gasteiger partial charge in [-0.15, -0.1) is 0 Å². The number of hydrogen-bond donors (Lipinski definition) is 2. The van der Waals surface area contributed by atoms with Crippen LogP contribution in [0.15, 0.2) is 42.6 Å². The number of nitrogens with zero attached hydrogens (tertiary/aromatic N) is 2. The molecule has 1 aromatic carbocycles. The molecule has 5 nitrogen and oxygen atoms in total. The summed E-state index contributed by atoms with van der Waals surface area (Å²) in [6.07, 6.45) is 1.85. The molecule has 2 N–H and O–H groups in total.